The number of hydrogen-bond acceptors (Lipinski definition) is 5. The molecular weight excluding hydrogens is 410 g/mol. The summed E-state index contributed by atoms with van der Waals surface area (Å²) in [6.45, 7) is 1.66. The molecule has 0 aromatic heterocycles. The Balaban J connectivity index is 1.72. The van der Waals surface area contributed by atoms with E-state index in [0.717, 1.165) is 16.9 Å². The van der Waals surface area contributed by atoms with E-state index in [9.17, 15) is 14.4 Å². The first kappa shape index (κ1) is 22.4. The number of nitrogens with one attached hydrogen (secondary N) is 2. The summed E-state index contributed by atoms with van der Waals surface area (Å²) in [5.74, 6) is 2.20. The maximum Gasteiger partial charge on any atom is 0.329 e. The standard InChI is InChI=1S/C24H23N3O5/c1-4-12-32-20-11-10-16(14-21(20)31-3)13-19-23(29)27(24(30)26-19)15-22(28)25-18-9-7-6-8-17(18)5-2/h1,6-11,13-14H,5,12,15H2,2-3H3,(H,25,28)(H,26,30)/b19-13+. The topological polar surface area (TPSA) is 97.0 Å². The van der Waals surface area contributed by atoms with Crippen molar-refractivity contribution in [2.75, 3.05) is 25.6 Å². The van der Waals surface area contributed by atoms with E-state index < -0.39 is 24.4 Å². The van der Waals surface area contributed by atoms with Crippen molar-refractivity contribution in [3.05, 3.63) is 59.3 Å². The predicted molar refractivity (Wildman–Crippen MR) is 120 cm³/mol. The van der Waals surface area contributed by atoms with E-state index in [1.165, 1.54) is 13.2 Å². The van der Waals surface area contributed by atoms with Crippen LogP contribution < -0.4 is 20.1 Å². The van der Waals surface area contributed by atoms with Gasteiger partial charge in [-0.05, 0) is 41.8 Å². The van der Waals surface area contributed by atoms with Crippen LogP contribution in [0.3, 0.4) is 0 Å². The second kappa shape index (κ2) is 10.2. The van der Waals surface area contributed by atoms with Gasteiger partial charge < -0.3 is 20.1 Å². The van der Waals surface area contributed by atoms with E-state index in [1.54, 1.807) is 30.3 Å². The Hall–Kier alpha value is -4.25. The number of rotatable bonds is 8. The lowest BCUT2D eigenvalue weighted by Gasteiger charge is -2.13. The van der Waals surface area contributed by atoms with E-state index in [1.807, 2.05) is 19.1 Å². The van der Waals surface area contributed by atoms with Crippen molar-refractivity contribution in [3.63, 3.8) is 0 Å². The fourth-order valence-electron chi connectivity index (χ4n) is 3.18. The van der Waals surface area contributed by atoms with Crippen LogP contribution in [0.2, 0.25) is 0 Å². The fraction of sp³-hybridized carbons (Fsp3) is 0.208. The van der Waals surface area contributed by atoms with Crippen LogP contribution in [0, 0.1) is 12.3 Å². The highest BCUT2D eigenvalue weighted by Gasteiger charge is 2.35. The molecule has 1 aliphatic rings. The Kier molecular flexibility index (Phi) is 7.13. The smallest absolute Gasteiger partial charge is 0.329 e. The molecule has 1 saturated heterocycles. The van der Waals surface area contributed by atoms with Gasteiger partial charge in [-0.2, -0.15) is 0 Å². The van der Waals surface area contributed by atoms with Gasteiger partial charge in [0, 0.05) is 5.69 Å². The first-order chi connectivity index (χ1) is 15.5. The minimum atomic E-state index is -0.666. The molecule has 2 aromatic carbocycles. The summed E-state index contributed by atoms with van der Waals surface area (Å²) in [5.41, 5.74) is 2.27. The summed E-state index contributed by atoms with van der Waals surface area (Å²) < 4.78 is 10.7. The zero-order valence-electron chi connectivity index (χ0n) is 17.8. The molecule has 164 valence electrons. The third-order valence-electron chi connectivity index (χ3n) is 4.75. The van der Waals surface area contributed by atoms with Crippen molar-refractivity contribution in [3.8, 4) is 23.8 Å². The number of hydrogen-bond donors (Lipinski definition) is 2. The van der Waals surface area contributed by atoms with Gasteiger partial charge in [0.2, 0.25) is 5.91 Å². The van der Waals surface area contributed by atoms with Gasteiger partial charge in [-0.15, -0.1) is 6.42 Å². The van der Waals surface area contributed by atoms with Gasteiger partial charge in [-0.3, -0.25) is 9.59 Å². The molecule has 2 aromatic rings. The molecule has 0 saturated carbocycles. The Morgan fingerprint density at radius 1 is 1.22 bits per heavy atom. The average molecular weight is 433 g/mol. The average Bonchev–Trinajstić information content (AvgIpc) is 3.05. The van der Waals surface area contributed by atoms with Crippen LogP contribution in [-0.2, 0) is 16.0 Å². The highest BCUT2D eigenvalue weighted by molar-refractivity contribution is 6.16. The van der Waals surface area contributed by atoms with Gasteiger partial charge in [0.15, 0.2) is 11.5 Å². The molecule has 8 heteroatoms. The SMILES string of the molecule is C#CCOc1ccc(/C=C2/NC(=O)N(CC(=O)Nc3ccccc3CC)C2=O)cc1OC. The highest BCUT2D eigenvalue weighted by Crippen LogP contribution is 2.29. The lowest BCUT2D eigenvalue weighted by molar-refractivity contribution is -0.127. The maximum atomic E-state index is 12.7. The summed E-state index contributed by atoms with van der Waals surface area (Å²) in [5, 5.41) is 5.26. The van der Waals surface area contributed by atoms with Gasteiger partial charge in [0.1, 0.15) is 18.8 Å². The lowest BCUT2D eigenvalue weighted by atomic mass is 10.1. The van der Waals surface area contributed by atoms with Crippen LogP contribution in [0.25, 0.3) is 6.08 Å². The largest absolute Gasteiger partial charge is 0.493 e. The highest BCUT2D eigenvalue weighted by atomic mass is 16.5. The number of urea groups is 1. The van der Waals surface area contributed by atoms with Crippen LogP contribution in [0.15, 0.2) is 48.2 Å². The van der Waals surface area contributed by atoms with Gasteiger partial charge in [0.05, 0.1) is 7.11 Å². The minimum absolute atomic E-state index is 0.0519. The number of anilines is 1. The van der Waals surface area contributed by atoms with E-state index in [0.29, 0.717) is 22.7 Å². The summed E-state index contributed by atoms with van der Waals surface area (Å²) in [7, 11) is 1.48. The fourth-order valence-corrected chi connectivity index (χ4v) is 3.18. The second-order valence-corrected chi connectivity index (χ2v) is 6.84. The molecule has 2 N–H and O–H groups in total. The molecule has 3 rings (SSSR count). The lowest BCUT2D eigenvalue weighted by Crippen LogP contribution is -2.38. The van der Waals surface area contributed by atoms with Gasteiger partial charge >= 0.3 is 6.03 Å². The summed E-state index contributed by atoms with van der Waals surface area (Å²) in [6, 6.07) is 11.7. The molecule has 0 spiro atoms. The van der Waals surface area contributed by atoms with Crippen LogP contribution in [-0.4, -0.2) is 43.0 Å². The van der Waals surface area contributed by atoms with Gasteiger partial charge in [-0.25, -0.2) is 9.69 Å². The molecule has 0 radical (unpaired) electrons. The predicted octanol–water partition coefficient (Wildman–Crippen LogP) is 2.80. The van der Waals surface area contributed by atoms with Crippen molar-refractivity contribution < 1.29 is 23.9 Å². The Morgan fingerprint density at radius 2 is 2.00 bits per heavy atom. The molecule has 1 heterocycles. The number of terminal acetylenes is 1. The number of nitrogens with zero attached hydrogens (tertiary/aromatic N) is 1. The third-order valence-corrected chi connectivity index (χ3v) is 4.75. The Bertz CT molecular complexity index is 1120. The summed E-state index contributed by atoms with van der Waals surface area (Å²) in [6.07, 6.45) is 7.44. The third kappa shape index (κ3) is 5.08. The number of ether oxygens (including phenoxy) is 2. The van der Waals surface area contributed by atoms with E-state index in [4.69, 9.17) is 15.9 Å². The monoisotopic (exact) mass is 433 g/mol. The first-order valence-electron chi connectivity index (χ1n) is 9.93. The Morgan fingerprint density at radius 3 is 2.72 bits per heavy atom. The summed E-state index contributed by atoms with van der Waals surface area (Å²) >= 11 is 0. The molecule has 0 unspecified atom stereocenters. The van der Waals surface area contributed by atoms with E-state index in [2.05, 4.69) is 16.6 Å². The van der Waals surface area contributed by atoms with Gasteiger partial charge in [-0.1, -0.05) is 37.1 Å². The van der Waals surface area contributed by atoms with Crippen LogP contribution in [0.4, 0.5) is 10.5 Å². The first-order valence-corrected chi connectivity index (χ1v) is 9.93. The number of benzene rings is 2. The van der Waals surface area contributed by atoms with E-state index in [-0.39, 0.29) is 12.3 Å². The van der Waals surface area contributed by atoms with Crippen LogP contribution in [0.1, 0.15) is 18.1 Å². The zero-order valence-corrected chi connectivity index (χ0v) is 17.8. The van der Waals surface area contributed by atoms with Gasteiger partial charge in [0.25, 0.3) is 5.91 Å². The number of imide groups is 1. The number of amides is 4. The molecular formula is C24H23N3O5. The number of aryl methyl sites for hydroxylation is 1. The van der Waals surface area contributed by atoms with Crippen molar-refractivity contribution >= 4 is 29.6 Å². The molecule has 8 nitrogen and oxygen atoms in total. The Labute approximate surface area is 186 Å². The second-order valence-electron chi connectivity index (χ2n) is 6.84. The molecule has 0 atom stereocenters. The quantitative estimate of drug-likeness (QED) is 0.379. The summed E-state index contributed by atoms with van der Waals surface area (Å²) in [4.78, 5) is 38.3. The molecule has 32 heavy (non-hydrogen) atoms. The molecule has 1 fully saturated rings. The molecule has 0 aliphatic carbocycles. The molecule has 4 amide bonds. The minimum Gasteiger partial charge on any atom is -0.493 e. The number of carbonyl (C=O) groups is 3. The zero-order chi connectivity index (χ0) is 23.1. The van der Waals surface area contributed by atoms with Crippen molar-refractivity contribution in [1.82, 2.24) is 10.2 Å². The normalized spacial score (nSPS) is 14.2. The molecule has 0 bridgehead atoms. The van der Waals surface area contributed by atoms with Crippen LogP contribution in [0.5, 0.6) is 11.5 Å². The number of methoxy groups -OCH3 is 1. The van der Waals surface area contributed by atoms with Crippen molar-refractivity contribution in [2.24, 2.45) is 0 Å². The number of para-hydroxylation sites is 1. The van der Waals surface area contributed by atoms with Crippen LogP contribution >= 0.6 is 0 Å². The molecule has 1 aliphatic heterocycles. The number of carbonyl (C=O) groups excluding carboxylic acids is 3. The van der Waals surface area contributed by atoms with E-state index >= 15 is 0 Å². The van der Waals surface area contributed by atoms with Crippen molar-refractivity contribution in [1.29, 1.82) is 0 Å². The van der Waals surface area contributed by atoms with Crippen molar-refractivity contribution in [2.45, 2.75) is 13.3 Å². The maximum absolute atomic E-state index is 12.7.